The number of aliphatic imine (C=N–C) groups is 1. The van der Waals surface area contributed by atoms with E-state index in [-0.39, 0.29) is 12.5 Å². The molecule has 2 rings (SSSR count). The van der Waals surface area contributed by atoms with Gasteiger partial charge in [-0.15, -0.1) is 0 Å². The number of nitrogens with zero attached hydrogens (tertiary/aromatic N) is 1. The lowest BCUT2D eigenvalue weighted by atomic mass is 10.1. The van der Waals surface area contributed by atoms with E-state index in [9.17, 15) is 4.79 Å². The summed E-state index contributed by atoms with van der Waals surface area (Å²) in [6.07, 6.45) is 0. The summed E-state index contributed by atoms with van der Waals surface area (Å²) < 4.78 is 0. The van der Waals surface area contributed by atoms with Gasteiger partial charge < -0.3 is 21.5 Å². The Kier molecular flexibility index (Phi) is 5.32. The molecular formula is C17H20N4O2. The van der Waals surface area contributed by atoms with Crippen LogP contribution >= 0.6 is 0 Å². The summed E-state index contributed by atoms with van der Waals surface area (Å²) in [7, 11) is 1.60. The number of nitrogens with two attached hydrogens (primary N) is 1. The van der Waals surface area contributed by atoms with Crippen LogP contribution in [0, 0.1) is 6.92 Å². The van der Waals surface area contributed by atoms with Crippen LogP contribution in [-0.4, -0.2) is 24.0 Å². The molecule has 0 aliphatic carbocycles. The van der Waals surface area contributed by atoms with Gasteiger partial charge >= 0.3 is 0 Å². The molecule has 0 unspecified atom stereocenters. The lowest BCUT2D eigenvalue weighted by Crippen LogP contribution is -2.22. The minimum atomic E-state index is -0.221. The number of rotatable bonds is 4. The number of aryl methyl sites for hydroxylation is 1. The predicted octanol–water partition coefficient (Wildman–Crippen LogP) is 2.10. The van der Waals surface area contributed by atoms with Crippen molar-refractivity contribution in [3.63, 3.8) is 0 Å². The summed E-state index contributed by atoms with van der Waals surface area (Å²) in [5.41, 5.74) is 9.37. The highest BCUT2D eigenvalue weighted by atomic mass is 16.3. The van der Waals surface area contributed by atoms with Crippen LogP contribution in [0.2, 0.25) is 0 Å². The van der Waals surface area contributed by atoms with Crippen LogP contribution in [0.15, 0.2) is 47.5 Å². The molecule has 0 radical (unpaired) electrons. The number of benzene rings is 2. The van der Waals surface area contributed by atoms with Crippen LogP contribution in [0.3, 0.4) is 0 Å². The van der Waals surface area contributed by atoms with Gasteiger partial charge in [-0.25, -0.2) is 0 Å². The standard InChI is InChI=1S/C17H20N4O2/c1-11-3-8-14(9-15(11)21-17(18)19-2)20-16(23)13-6-4-12(10-22)5-7-13/h3-9,22H,10H2,1-2H3,(H,20,23)(H3,18,19,21). The first-order valence-electron chi connectivity index (χ1n) is 7.14. The molecule has 0 heterocycles. The molecule has 0 spiro atoms. The molecule has 23 heavy (non-hydrogen) atoms. The summed E-state index contributed by atoms with van der Waals surface area (Å²) in [6, 6.07) is 12.3. The highest BCUT2D eigenvalue weighted by Crippen LogP contribution is 2.20. The summed E-state index contributed by atoms with van der Waals surface area (Å²) in [4.78, 5) is 16.1. The Hall–Kier alpha value is -2.86. The maximum atomic E-state index is 12.2. The zero-order valence-electron chi connectivity index (χ0n) is 13.1. The second-order valence-electron chi connectivity index (χ2n) is 5.07. The third kappa shape index (κ3) is 4.31. The maximum Gasteiger partial charge on any atom is 0.255 e. The minimum absolute atomic E-state index is 0.0463. The van der Waals surface area contributed by atoms with Gasteiger partial charge in [0, 0.05) is 24.0 Å². The summed E-state index contributed by atoms with van der Waals surface area (Å²) in [6.45, 7) is 1.89. The lowest BCUT2D eigenvalue weighted by molar-refractivity contribution is 0.102. The third-order valence-electron chi connectivity index (χ3n) is 3.40. The first kappa shape index (κ1) is 16.5. The Labute approximate surface area is 135 Å². The van der Waals surface area contributed by atoms with Crippen LogP contribution in [0.5, 0.6) is 0 Å². The number of anilines is 2. The Bertz CT molecular complexity index is 724. The average Bonchev–Trinajstić information content (AvgIpc) is 2.57. The van der Waals surface area contributed by atoms with E-state index < -0.39 is 0 Å². The Morgan fingerprint density at radius 3 is 2.48 bits per heavy atom. The molecular weight excluding hydrogens is 292 g/mol. The number of carbonyl (C=O) groups is 1. The van der Waals surface area contributed by atoms with Gasteiger partial charge in [0.2, 0.25) is 0 Å². The number of hydrogen-bond donors (Lipinski definition) is 4. The van der Waals surface area contributed by atoms with Crippen molar-refractivity contribution in [2.45, 2.75) is 13.5 Å². The fourth-order valence-corrected chi connectivity index (χ4v) is 1.99. The summed E-state index contributed by atoms with van der Waals surface area (Å²) in [5, 5.41) is 14.8. The molecule has 5 N–H and O–H groups in total. The van der Waals surface area contributed by atoms with Crippen LogP contribution in [0.1, 0.15) is 21.5 Å². The average molecular weight is 312 g/mol. The Morgan fingerprint density at radius 2 is 1.87 bits per heavy atom. The fourth-order valence-electron chi connectivity index (χ4n) is 1.99. The van der Waals surface area contributed by atoms with E-state index in [4.69, 9.17) is 10.8 Å². The van der Waals surface area contributed by atoms with Crippen LogP contribution < -0.4 is 16.4 Å². The molecule has 0 atom stereocenters. The number of aliphatic hydroxyl groups excluding tert-OH is 1. The SMILES string of the molecule is CN=C(N)Nc1cc(NC(=O)c2ccc(CO)cc2)ccc1C. The summed E-state index contributed by atoms with van der Waals surface area (Å²) in [5.74, 6) is 0.0811. The van der Waals surface area contributed by atoms with E-state index in [1.54, 1.807) is 37.4 Å². The minimum Gasteiger partial charge on any atom is -0.392 e. The molecule has 2 aromatic carbocycles. The smallest absolute Gasteiger partial charge is 0.255 e. The number of amides is 1. The summed E-state index contributed by atoms with van der Waals surface area (Å²) >= 11 is 0. The lowest BCUT2D eigenvalue weighted by Gasteiger charge is -2.12. The van der Waals surface area contributed by atoms with Crippen molar-refractivity contribution in [2.24, 2.45) is 10.7 Å². The number of guanidine groups is 1. The molecule has 0 saturated carbocycles. The molecule has 120 valence electrons. The molecule has 1 amide bonds. The van der Waals surface area contributed by atoms with Crippen molar-refractivity contribution >= 4 is 23.2 Å². The van der Waals surface area contributed by atoms with E-state index in [0.717, 1.165) is 16.8 Å². The topological polar surface area (TPSA) is 99.7 Å². The normalized spacial score (nSPS) is 11.2. The van der Waals surface area contributed by atoms with Crippen LogP contribution in [0.4, 0.5) is 11.4 Å². The quantitative estimate of drug-likeness (QED) is 0.513. The van der Waals surface area contributed by atoms with Crippen molar-refractivity contribution < 1.29 is 9.90 Å². The van der Waals surface area contributed by atoms with E-state index in [0.29, 0.717) is 17.2 Å². The van der Waals surface area contributed by atoms with Crippen molar-refractivity contribution in [3.05, 3.63) is 59.2 Å². The van der Waals surface area contributed by atoms with E-state index in [1.807, 2.05) is 19.1 Å². The number of carbonyl (C=O) groups excluding carboxylic acids is 1. The zero-order chi connectivity index (χ0) is 16.8. The van der Waals surface area contributed by atoms with Gasteiger partial charge in [-0.2, -0.15) is 0 Å². The largest absolute Gasteiger partial charge is 0.392 e. The van der Waals surface area contributed by atoms with Gasteiger partial charge in [-0.05, 0) is 42.3 Å². The van der Waals surface area contributed by atoms with E-state index in [1.165, 1.54) is 0 Å². The molecule has 0 aliphatic rings. The Morgan fingerprint density at radius 1 is 1.17 bits per heavy atom. The molecule has 0 aromatic heterocycles. The van der Waals surface area contributed by atoms with Gasteiger partial charge in [0.05, 0.1) is 6.61 Å². The van der Waals surface area contributed by atoms with E-state index >= 15 is 0 Å². The van der Waals surface area contributed by atoms with Crippen molar-refractivity contribution in [1.29, 1.82) is 0 Å². The number of nitrogens with one attached hydrogen (secondary N) is 2. The first-order valence-corrected chi connectivity index (χ1v) is 7.14. The fraction of sp³-hybridized carbons (Fsp3) is 0.176. The second kappa shape index (κ2) is 7.42. The molecule has 0 aliphatic heterocycles. The Balaban J connectivity index is 2.15. The van der Waals surface area contributed by atoms with Crippen molar-refractivity contribution in [1.82, 2.24) is 0 Å². The molecule has 6 nitrogen and oxygen atoms in total. The van der Waals surface area contributed by atoms with Gasteiger partial charge in [0.1, 0.15) is 0 Å². The first-order chi connectivity index (χ1) is 11.0. The van der Waals surface area contributed by atoms with Crippen LogP contribution in [-0.2, 0) is 6.61 Å². The predicted molar refractivity (Wildman–Crippen MR) is 92.7 cm³/mol. The molecule has 0 saturated heterocycles. The number of aliphatic hydroxyl groups is 1. The van der Waals surface area contributed by atoms with Gasteiger partial charge in [0.25, 0.3) is 5.91 Å². The highest BCUT2D eigenvalue weighted by Gasteiger charge is 2.08. The zero-order valence-corrected chi connectivity index (χ0v) is 13.1. The van der Waals surface area contributed by atoms with Crippen molar-refractivity contribution in [3.8, 4) is 0 Å². The monoisotopic (exact) mass is 312 g/mol. The third-order valence-corrected chi connectivity index (χ3v) is 3.40. The maximum absolute atomic E-state index is 12.2. The molecule has 2 aromatic rings. The number of hydrogen-bond acceptors (Lipinski definition) is 3. The molecule has 6 heteroatoms. The van der Waals surface area contributed by atoms with E-state index in [2.05, 4.69) is 15.6 Å². The highest BCUT2D eigenvalue weighted by molar-refractivity contribution is 6.04. The molecule has 0 bridgehead atoms. The van der Waals surface area contributed by atoms with Crippen molar-refractivity contribution in [2.75, 3.05) is 17.7 Å². The van der Waals surface area contributed by atoms with Gasteiger partial charge in [-0.3, -0.25) is 9.79 Å². The second-order valence-corrected chi connectivity index (χ2v) is 5.07. The van der Waals surface area contributed by atoms with Crippen LogP contribution in [0.25, 0.3) is 0 Å². The molecule has 0 fully saturated rings. The van der Waals surface area contributed by atoms with Gasteiger partial charge in [-0.1, -0.05) is 18.2 Å². The van der Waals surface area contributed by atoms with Gasteiger partial charge in [0.15, 0.2) is 5.96 Å².